The number of aryl methyl sites for hydroxylation is 1. The van der Waals surface area contributed by atoms with E-state index in [1.807, 2.05) is 79.7 Å². The van der Waals surface area contributed by atoms with Gasteiger partial charge < -0.3 is 0 Å². The third-order valence-electron chi connectivity index (χ3n) is 4.52. The Kier molecular flexibility index (Phi) is 4.72. The maximum Gasteiger partial charge on any atom is 0.232 e. The van der Waals surface area contributed by atoms with Crippen LogP contribution in [0.3, 0.4) is 0 Å². The quantitative estimate of drug-likeness (QED) is 0.645. The summed E-state index contributed by atoms with van der Waals surface area (Å²) in [7, 11) is 0. The van der Waals surface area contributed by atoms with Crippen LogP contribution >= 0.6 is 11.6 Å². The van der Waals surface area contributed by atoms with Gasteiger partial charge >= 0.3 is 0 Å². The molecule has 4 nitrogen and oxygen atoms in total. The second-order valence-corrected chi connectivity index (χ2v) is 7.96. The highest BCUT2D eigenvalue weighted by Gasteiger charge is 2.44. The minimum absolute atomic E-state index is 0.230. The van der Waals surface area contributed by atoms with Crippen LogP contribution in [0.2, 0.25) is 5.02 Å². The van der Waals surface area contributed by atoms with Crippen molar-refractivity contribution in [3.05, 3.63) is 95.0 Å². The summed E-state index contributed by atoms with van der Waals surface area (Å²) in [5, 5.41) is 9.37. The molecule has 0 aromatic heterocycles. The van der Waals surface area contributed by atoms with Gasteiger partial charge in [0.2, 0.25) is 11.2 Å². The summed E-state index contributed by atoms with van der Waals surface area (Å²) in [6, 6.07) is 24.1. The van der Waals surface area contributed by atoms with Crippen molar-refractivity contribution in [3.8, 4) is 0 Å². The molecule has 0 radical (unpaired) electrons. The van der Waals surface area contributed by atoms with Crippen molar-refractivity contribution < 1.29 is 4.21 Å². The van der Waals surface area contributed by atoms with Crippen molar-refractivity contribution in [2.75, 3.05) is 8.61 Å². The number of nitrogens with one attached hydrogen (secondary N) is 1. The summed E-state index contributed by atoms with van der Waals surface area (Å²) in [4.78, 5) is 0. The largest absolute Gasteiger partial charge is 0.285 e. The van der Waals surface area contributed by atoms with Crippen LogP contribution in [0.15, 0.2) is 78.9 Å². The fraction of sp³-hybridized carbons (Fsp3) is 0.0952. The molecule has 2 unspecified atom stereocenters. The van der Waals surface area contributed by atoms with Crippen LogP contribution in [0.4, 0.5) is 11.4 Å². The van der Waals surface area contributed by atoms with Crippen molar-refractivity contribution in [1.82, 2.24) is 0 Å². The molecule has 27 heavy (non-hydrogen) atoms. The van der Waals surface area contributed by atoms with Gasteiger partial charge in [0, 0.05) is 10.6 Å². The minimum Gasteiger partial charge on any atom is -0.285 e. The van der Waals surface area contributed by atoms with E-state index >= 15 is 0 Å². The highest BCUT2D eigenvalue weighted by Crippen LogP contribution is 2.41. The second kappa shape index (κ2) is 7.18. The predicted octanol–water partition coefficient (Wildman–Crippen LogP) is 5.27. The van der Waals surface area contributed by atoms with Gasteiger partial charge in [-0.15, -0.1) is 0 Å². The second-order valence-electron chi connectivity index (χ2n) is 6.33. The molecular weight excluding hydrogens is 378 g/mol. The van der Waals surface area contributed by atoms with E-state index in [4.69, 9.17) is 17.0 Å². The number of rotatable bonds is 3. The lowest BCUT2D eigenvalue weighted by molar-refractivity contribution is 0.682. The van der Waals surface area contributed by atoms with Crippen molar-refractivity contribution in [2.24, 2.45) is 0 Å². The van der Waals surface area contributed by atoms with Crippen molar-refractivity contribution >= 4 is 40.0 Å². The first-order valence-electron chi connectivity index (χ1n) is 8.54. The van der Waals surface area contributed by atoms with Gasteiger partial charge in [-0.25, -0.2) is 8.51 Å². The smallest absolute Gasteiger partial charge is 0.232 e. The number of anilines is 2. The molecule has 0 aliphatic carbocycles. The molecular formula is C21H18ClN3OS. The molecule has 0 amide bonds. The van der Waals surface area contributed by atoms with Crippen LogP contribution in [0.25, 0.3) is 0 Å². The van der Waals surface area contributed by atoms with Gasteiger partial charge in [0.15, 0.2) is 0 Å². The number of nitrogens with zero attached hydrogens (tertiary/aromatic N) is 2. The molecule has 1 aliphatic rings. The highest BCUT2D eigenvalue weighted by atomic mass is 35.5. The Morgan fingerprint density at radius 3 is 2.19 bits per heavy atom. The zero-order valence-electron chi connectivity index (χ0n) is 14.7. The van der Waals surface area contributed by atoms with E-state index in [-0.39, 0.29) is 5.84 Å². The fourth-order valence-corrected chi connectivity index (χ4v) is 4.86. The molecule has 1 saturated heterocycles. The summed E-state index contributed by atoms with van der Waals surface area (Å²) in [5.41, 5.74) is 3.38. The third-order valence-corrected chi connectivity index (χ3v) is 6.34. The average molecular weight is 396 g/mol. The standard InChI is InChI=1S/C21H18ClN3OS/c1-15-11-13-17(14-12-15)24-20(18-9-5-6-10-19(18)22)21(23)25(27(24)26)16-7-3-2-4-8-16/h2-14,20,23H,1H3. The van der Waals surface area contributed by atoms with Crippen LogP contribution in [0, 0.1) is 12.3 Å². The number of halogens is 1. The van der Waals surface area contributed by atoms with Crippen LogP contribution in [-0.4, -0.2) is 10.0 Å². The first kappa shape index (κ1) is 17.8. The molecule has 0 saturated carbocycles. The maximum atomic E-state index is 13.5. The van der Waals surface area contributed by atoms with Gasteiger partial charge in [0.05, 0.1) is 11.4 Å². The Labute approximate surface area is 166 Å². The van der Waals surface area contributed by atoms with E-state index in [0.717, 1.165) is 16.8 Å². The Balaban J connectivity index is 1.87. The molecule has 1 fully saturated rings. The third kappa shape index (κ3) is 3.13. The van der Waals surface area contributed by atoms with Crippen molar-refractivity contribution in [2.45, 2.75) is 13.0 Å². The zero-order chi connectivity index (χ0) is 19.0. The van der Waals surface area contributed by atoms with Crippen LogP contribution in [0.1, 0.15) is 17.2 Å². The molecule has 1 N–H and O–H groups in total. The number of benzene rings is 3. The molecule has 6 heteroatoms. The SMILES string of the molecule is Cc1ccc(N2C(c3ccccc3Cl)C(=N)N(c3ccccc3)S2=O)cc1. The average Bonchev–Trinajstić information content (AvgIpc) is 2.94. The first-order valence-corrected chi connectivity index (χ1v) is 9.98. The van der Waals surface area contributed by atoms with Gasteiger partial charge in [-0.3, -0.25) is 9.71 Å². The molecule has 1 heterocycles. The van der Waals surface area contributed by atoms with E-state index in [1.54, 1.807) is 14.7 Å². The topological polar surface area (TPSA) is 47.4 Å². The monoisotopic (exact) mass is 395 g/mol. The highest BCUT2D eigenvalue weighted by molar-refractivity contribution is 7.89. The van der Waals surface area contributed by atoms with Crippen LogP contribution in [-0.2, 0) is 11.2 Å². The summed E-state index contributed by atoms with van der Waals surface area (Å²) >= 11 is 4.86. The Hall–Kier alpha value is -2.63. The van der Waals surface area contributed by atoms with Gasteiger partial charge in [-0.2, -0.15) is 0 Å². The number of hydrogen-bond acceptors (Lipinski definition) is 2. The zero-order valence-corrected chi connectivity index (χ0v) is 16.2. The Morgan fingerprint density at radius 2 is 1.52 bits per heavy atom. The molecule has 3 aromatic rings. The molecule has 136 valence electrons. The van der Waals surface area contributed by atoms with Gasteiger partial charge in [0.25, 0.3) is 0 Å². The van der Waals surface area contributed by atoms with E-state index in [9.17, 15) is 4.21 Å². The summed E-state index contributed by atoms with van der Waals surface area (Å²) in [5.74, 6) is 0.230. The van der Waals surface area contributed by atoms with E-state index < -0.39 is 17.2 Å². The van der Waals surface area contributed by atoms with Crippen molar-refractivity contribution in [1.29, 1.82) is 5.41 Å². The van der Waals surface area contributed by atoms with Gasteiger partial charge in [-0.05, 0) is 37.3 Å². The van der Waals surface area contributed by atoms with E-state index in [0.29, 0.717) is 10.7 Å². The molecule has 2 atom stereocenters. The summed E-state index contributed by atoms with van der Waals surface area (Å²) < 4.78 is 16.8. The Bertz CT molecular complexity index is 1010. The molecule has 3 aromatic carbocycles. The number of amidine groups is 1. The summed E-state index contributed by atoms with van der Waals surface area (Å²) in [6.45, 7) is 2.01. The van der Waals surface area contributed by atoms with E-state index in [1.165, 1.54) is 0 Å². The minimum atomic E-state index is -1.59. The van der Waals surface area contributed by atoms with Crippen LogP contribution in [0.5, 0.6) is 0 Å². The number of hydrogen-bond donors (Lipinski definition) is 1. The van der Waals surface area contributed by atoms with Gasteiger partial charge in [0.1, 0.15) is 11.9 Å². The lowest BCUT2D eigenvalue weighted by Crippen LogP contribution is -2.27. The lowest BCUT2D eigenvalue weighted by Gasteiger charge is -2.23. The van der Waals surface area contributed by atoms with Gasteiger partial charge in [-0.1, -0.05) is 65.7 Å². The molecule has 1 aliphatic heterocycles. The van der Waals surface area contributed by atoms with Crippen LogP contribution < -0.4 is 8.61 Å². The normalized spacial score (nSPS) is 19.6. The molecule has 0 spiro atoms. The number of para-hydroxylation sites is 1. The van der Waals surface area contributed by atoms with Crippen molar-refractivity contribution in [3.63, 3.8) is 0 Å². The first-order chi connectivity index (χ1) is 13.1. The molecule has 0 bridgehead atoms. The molecule has 4 rings (SSSR count). The lowest BCUT2D eigenvalue weighted by atomic mass is 10.0. The predicted molar refractivity (Wildman–Crippen MR) is 113 cm³/mol. The fourth-order valence-electron chi connectivity index (χ4n) is 3.18. The summed E-state index contributed by atoms with van der Waals surface area (Å²) in [6.07, 6.45) is 0. The maximum absolute atomic E-state index is 13.5. The Morgan fingerprint density at radius 1 is 0.889 bits per heavy atom. The van der Waals surface area contributed by atoms with E-state index in [2.05, 4.69) is 0 Å².